The van der Waals surface area contributed by atoms with E-state index in [4.69, 9.17) is 9.47 Å². The summed E-state index contributed by atoms with van der Waals surface area (Å²) in [6, 6.07) is 13.9. The van der Waals surface area contributed by atoms with E-state index < -0.39 is 5.60 Å². The van der Waals surface area contributed by atoms with Crippen molar-refractivity contribution < 1.29 is 14.3 Å². The third-order valence-corrected chi connectivity index (χ3v) is 6.71. The topological polar surface area (TPSA) is 56.6 Å². The molecule has 0 N–H and O–H groups in total. The smallest absolute Gasteiger partial charge is 0.254 e. The fourth-order valence-corrected chi connectivity index (χ4v) is 5.14. The fourth-order valence-electron chi connectivity index (χ4n) is 5.14. The number of amides is 1. The molecule has 1 amide bonds. The van der Waals surface area contributed by atoms with Crippen LogP contribution in [0.3, 0.4) is 0 Å². The highest BCUT2D eigenvalue weighted by Crippen LogP contribution is 2.49. The molecule has 3 aliphatic rings. The highest BCUT2D eigenvalue weighted by Gasteiger charge is 2.46. The van der Waals surface area contributed by atoms with Crippen molar-refractivity contribution >= 4 is 5.91 Å². The predicted molar refractivity (Wildman–Crippen MR) is 112 cm³/mol. The SMILES string of the molecule is Cn1ncc2c1-c1ccccc1OC21CCN(C(=O)c2cccc3c2CCO3)CC1. The molecule has 0 radical (unpaired) electrons. The number of aromatic nitrogens is 2. The van der Waals surface area contributed by atoms with Gasteiger partial charge in [0.05, 0.1) is 18.5 Å². The van der Waals surface area contributed by atoms with E-state index in [0.717, 1.165) is 58.7 Å². The summed E-state index contributed by atoms with van der Waals surface area (Å²) in [6.45, 7) is 1.96. The van der Waals surface area contributed by atoms with Crippen molar-refractivity contribution in [2.75, 3.05) is 19.7 Å². The Hall–Kier alpha value is -3.28. The Labute approximate surface area is 175 Å². The van der Waals surface area contributed by atoms with Crippen molar-refractivity contribution in [1.29, 1.82) is 0 Å². The molecule has 0 unspecified atom stereocenters. The second-order valence-electron chi connectivity index (χ2n) is 8.30. The molecule has 0 saturated carbocycles. The van der Waals surface area contributed by atoms with Gasteiger partial charge in [-0.15, -0.1) is 0 Å². The first kappa shape index (κ1) is 17.6. The van der Waals surface area contributed by atoms with E-state index in [1.165, 1.54) is 0 Å². The quantitative estimate of drug-likeness (QED) is 0.626. The first-order valence-electron chi connectivity index (χ1n) is 10.5. The van der Waals surface area contributed by atoms with Gasteiger partial charge < -0.3 is 14.4 Å². The normalized spacial score (nSPS) is 18.2. The molecular formula is C24H23N3O3. The van der Waals surface area contributed by atoms with Gasteiger partial charge in [0.1, 0.15) is 17.1 Å². The molecule has 1 spiro atoms. The van der Waals surface area contributed by atoms with E-state index in [1.54, 1.807) is 0 Å². The minimum atomic E-state index is -0.434. The highest BCUT2D eigenvalue weighted by atomic mass is 16.5. The van der Waals surface area contributed by atoms with E-state index in [9.17, 15) is 4.79 Å². The number of carbonyl (C=O) groups excluding carboxylic acids is 1. The number of rotatable bonds is 1. The zero-order valence-corrected chi connectivity index (χ0v) is 16.9. The average molecular weight is 401 g/mol. The molecule has 2 aromatic carbocycles. The molecule has 0 bridgehead atoms. The molecule has 0 atom stereocenters. The molecule has 6 nitrogen and oxygen atoms in total. The van der Waals surface area contributed by atoms with Crippen LogP contribution in [-0.2, 0) is 19.1 Å². The van der Waals surface area contributed by atoms with E-state index in [-0.39, 0.29) is 5.91 Å². The highest BCUT2D eigenvalue weighted by molar-refractivity contribution is 5.96. The number of ether oxygens (including phenoxy) is 2. The Bertz CT molecular complexity index is 1160. The molecule has 6 rings (SSSR count). The van der Waals surface area contributed by atoms with Crippen LogP contribution in [0.1, 0.15) is 34.3 Å². The van der Waals surface area contributed by atoms with Gasteiger partial charge in [0.15, 0.2) is 0 Å². The van der Waals surface area contributed by atoms with E-state index in [0.29, 0.717) is 19.7 Å². The summed E-state index contributed by atoms with van der Waals surface area (Å²) < 4.78 is 14.2. The van der Waals surface area contributed by atoms with Gasteiger partial charge in [-0.3, -0.25) is 9.48 Å². The van der Waals surface area contributed by atoms with Crippen LogP contribution in [0.5, 0.6) is 11.5 Å². The number of hydrogen-bond donors (Lipinski definition) is 0. The summed E-state index contributed by atoms with van der Waals surface area (Å²) in [5, 5.41) is 4.53. The van der Waals surface area contributed by atoms with Crippen molar-refractivity contribution in [3.63, 3.8) is 0 Å². The number of hydrogen-bond acceptors (Lipinski definition) is 4. The maximum absolute atomic E-state index is 13.3. The number of fused-ring (bicyclic) bond motifs is 5. The number of likely N-dealkylation sites (tertiary alicyclic amines) is 1. The minimum absolute atomic E-state index is 0.0924. The molecule has 0 aliphatic carbocycles. The number of aryl methyl sites for hydroxylation is 1. The molecular weight excluding hydrogens is 378 g/mol. The van der Waals surface area contributed by atoms with Crippen LogP contribution in [0.15, 0.2) is 48.7 Å². The molecule has 1 fully saturated rings. The lowest BCUT2D eigenvalue weighted by atomic mass is 9.81. The lowest BCUT2D eigenvalue weighted by Gasteiger charge is -2.44. The van der Waals surface area contributed by atoms with Crippen LogP contribution in [-0.4, -0.2) is 40.3 Å². The van der Waals surface area contributed by atoms with Crippen molar-refractivity contribution in [2.45, 2.75) is 24.9 Å². The largest absolute Gasteiger partial charge is 0.493 e. The Morgan fingerprint density at radius 2 is 1.87 bits per heavy atom. The zero-order chi connectivity index (χ0) is 20.3. The lowest BCUT2D eigenvalue weighted by molar-refractivity contribution is -0.00174. The predicted octanol–water partition coefficient (Wildman–Crippen LogP) is 3.55. The van der Waals surface area contributed by atoms with Crippen molar-refractivity contribution in [2.24, 2.45) is 7.05 Å². The molecule has 1 saturated heterocycles. The van der Waals surface area contributed by atoms with E-state index in [2.05, 4.69) is 11.2 Å². The van der Waals surface area contributed by atoms with Gasteiger partial charge in [-0.25, -0.2) is 0 Å². The zero-order valence-electron chi connectivity index (χ0n) is 16.9. The van der Waals surface area contributed by atoms with Crippen molar-refractivity contribution in [3.05, 3.63) is 65.4 Å². The van der Waals surface area contributed by atoms with Gasteiger partial charge in [-0.05, 0) is 24.3 Å². The molecule has 6 heteroatoms. The first-order chi connectivity index (χ1) is 14.7. The molecule has 3 aromatic rings. The third-order valence-electron chi connectivity index (χ3n) is 6.71. The van der Waals surface area contributed by atoms with Crippen LogP contribution in [0.4, 0.5) is 0 Å². The summed E-state index contributed by atoms with van der Waals surface area (Å²) in [5.74, 6) is 1.84. The van der Waals surface area contributed by atoms with Gasteiger partial charge in [0.2, 0.25) is 0 Å². The van der Waals surface area contributed by atoms with E-state index in [1.807, 2.05) is 59.2 Å². The summed E-state index contributed by atoms with van der Waals surface area (Å²) in [7, 11) is 1.98. The second kappa shape index (κ2) is 6.36. The maximum atomic E-state index is 13.3. The molecule has 30 heavy (non-hydrogen) atoms. The van der Waals surface area contributed by atoms with Crippen LogP contribution in [0.25, 0.3) is 11.3 Å². The molecule has 1 aromatic heterocycles. The van der Waals surface area contributed by atoms with Gasteiger partial charge >= 0.3 is 0 Å². The van der Waals surface area contributed by atoms with Crippen LogP contribution >= 0.6 is 0 Å². The van der Waals surface area contributed by atoms with Gasteiger partial charge in [0, 0.05) is 61.7 Å². The molecule has 152 valence electrons. The monoisotopic (exact) mass is 401 g/mol. The molecule has 3 aliphatic heterocycles. The summed E-state index contributed by atoms with van der Waals surface area (Å²) >= 11 is 0. The Balaban J connectivity index is 1.30. The standard InChI is InChI=1S/C24H23N3O3/c1-26-22-18-5-2-3-7-21(18)30-24(19(22)15-25-26)10-12-27(13-11-24)23(28)17-6-4-8-20-16(17)9-14-29-20/h2-8,15H,9-14H2,1H3. The first-order valence-corrected chi connectivity index (χ1v) is 10.5. The third kappa shape index (κ3) is 2.43. The van der Waals surface area contributed by atoms with Gasteiger partial charge in [-0.2, -0.15) is 5.10 Å². The van der Waals surface area contributed by atoms with E-state index >= 15 is 0 Å². The Kier molecular flexibility index (Phi) is 3.72. The lowest BCUT2D eigenvalue weighted by Crippen LogP contribution is -2.49. The number of benzene rings is 2. The van der Waals surface area contributed by atoms with Crippen LogP contribution < -0.4 is 9.47 Å². The number of para-hydroxylation sites is 1. The summed E-state index contributed by atoms with van der Waals surface area (Å²) in [6.07, 6.45) is 4.23. The Morgan fingerprint density at radius 1 is 1.07 bits per heavy atom. The summed E-state index contributed by atoms with van der Waals surface area (Å²) in [4.78, 5) is 15.2. The number of carbonyl (C=O) groups is 1. The van der Waals surface area contributed by atoms with Crippen molar-refractivity contribution in [3.8, 4) is 22.8 Å². The van der Waals surface area contributed by atoms with Crippen LogP contribution in [0.2, 0.25) is 0 Å². The minimum Gasteiger partial charge on any atom is -0.493 e. The fraction of sp³-hybridized carbons (Fsp3) is 0.333. The molecule has 4 heterocycles. The van der Waals surface area contributed by atoms with Crippen molar-refractivity contribution in [1.82, 2.24) is 14.7 Å². The second-order valence-corrected chi connectivity index (χ2v) is 8.30. The maximum Gasteiger partial charge on any atom is 0.254 e. The Morgan fingerprint density at radius 3 is 2.73 bits per heavy atom. The summed E-state index contributed by atoms with van der Waals surface area (Å²) in [5.41, 5.74) is 4.71. The van der Waals surface area contributed by atoms with Gasteiger partial charge in [0.25, 0.3) is 5.91 Å². The van der Waals surface area contributed by atoms with Crippen LogP contribution in [0, 0.1) is 0 Å². The van der Waals surface area contributed by atoms with Gasteiger partial charge in [-0.1, -0.05) is 18.2 Å². The number of piperidine rings is 1. The number of nitrogens with zero attached hydrogens (tertiary/aromatic N) is 3. The average Bonchev–Trinajstić information content (AvgIpc) is 3.41.